The number of hydroxylamine groups is 2. The van der Waals surface area contributed by atoms with E-state index in [2.05, 4.69) is 0 Å². The van der Waals surface area contributed by atoms with E-state index in [1.54, 1.807) is 6.92 Å². The number of halogens is 6. The van der Waals surface area contributed by atoms with Crippen molar-refractivity contribution in [2.45, 2.75) is 76.1 Å². The Morgan fingerprint density at radius 1 is 1.14 bits per heavy atom. The largest absolute Gasteiger partial charge is 0.429 e. The van der Waals surface area contributed by atoms with Crippen molar-refractivity contribution in [3.63, 3.8) is 0 Å². The molecule has 0 saturated carbocycles. The van der Waals surface area contributed by atoms with Crippen molar-refractivity contribution in [3.8, 4) is 0 Å². The fraction of sp³-hybridized carbons (Fsp3) is 1.00. The first kappa shape index (κ1) is 19.5. The second-order valence-corrected chi connectivity index (χ2v) is 5.63. The van der Waals surface area contributed by atoms with Gasteiger partial charge in [-0.25, -0.2) is 0 Å². The maximum Gasteiger partial charge on any atom is 0.429 e. The molecule has 2 unspecified atom stereocenters. The molecule has 1 rings (SSSR count). The first-order valence-electron chi connectivity index (χ1n) is 7.24. The van der Waals surface area contributed by atoms with E-state index < -0.39 is 30.5 Å². The third-order valence-corrected chi connectivity index (χ3v) is 3.92. The first-order valence-corrected chi connectivity index (χ1v) is 7.24. The Labute approximate surface area is 125 Å². The molecule has 3 nitrogen and oxygen atoms in total. The molecule has 1 aliphatic rings. The maximum absolute atomic E-state index is 12.8. The standard InChI is InChI=1S/C13H21F6NO2/c1-3-4-5-6-9(2)20-8-7-10(22-20)11(21,12(14,15)16)13(17,18)19/h9-10,21H,3-8H2,1-2H3. The average Bonchev–Trinajstić information content (AvgIpc) is 2.85. The smallest absolute Gasteiger partial charge is 0.372 e. The second kappa shape index (κ2) is 6.92. The van der Waals surface area contributed by atoms with Crippen LogP contribution in [0.5, 0.6) is 0 Å². The highest BCUT2D eigenvalue weighted by molar-refractivity contribution is 5.02. The van der Waals surface area contributed by atoms with Crippen LogP contribution in [-0.2, 0) is 4.84 Å². The third kappa shape index (κ3) is 3.86. The van der Waals surface area contributed by atoms with Crippen molar-refractivity contribution in [2.24, 2.45) is 0 Å². The fourth-order valence-corrected chi connectivity index (χ4v) is 2.48. The molecule has 22 heavy (non-hydrogen) atoms. The molecule has 0 radical (unpaired) electrons. The topological polar surface area (TPSA) is 32.7 Å². The Hall–Kier alpha value is -0.540. The molecule has 0 spiro atoms. The van der Waals surface area contributed by atoms with E-state index in [-0.39, 0.29) is 12.6 Å². The molecule has 0 aromatic heterocycles. The van der Waals surface area contributed by atoms with Crippen molar-refractivity contribution in [1.29, 1.82) is 0 Å². The Morgan fingerprint density at radius 3 is 2.14 bits per heavy atom. The van der Waals surface area contributed by atoms with Crippen LogP contribution in [0.2, 0.25) is 0 Å². The van der Waals surface area contributed by atoms with E-state index in [9.17, 15) is 31.4 Å². The normalized spacial score (nSPS) is 23.0. The van der Waals surface area contributed by atoms with Crippen molar-refractivity contribution >= 4 is 0 Å². The number of unbranched alkanes of at least 4 members (excludes halogenated alkanes) is 2. The number of rotatable bonds is 6. The zero-order chi connectivity index (χ0) is 17.2. The van der Waals surface area contributed by atoms with Gasteiger partial charge in [-0.05, 0) is 19.8 Å². The number of aliphatic hydroxyl groups is 1. The summed E-state index contributed by atoms with van der Waals surface area (Å²) in [4.78, 5) is 4.82. The fourth-order valence-electron chi connectivity index (χ4n) is 2.48. The third-order valence-electron chi connectivity index (χ3n) is 3.92. The lowest BCUT2D eigenvalue weighted by Crippen LogP contribution is -2.64. The van der Waals surface area contributed by atoms with E-state index in [4.69, 9.17) is 4.84 Å². The molecular formula is C13H21F6NO2. The van der Waals surface area contributed by atoms with Crippen LogP contribution in [0.1, 0.15) is 46.0 Å². The van der Waals surface area contributed by atoms with Crippen molar-refractivity contribution in [1.82, 2.24) is 5.06 Å². The highest BCUT2D eigenvalue weighted by Crippen LogP contribution is 2.48. The van der Waals surface area contributed by atoms with Gasteiger partial charge in [0.2, 0.25) is 0 Å². The van der Waals surface area contributed by atoms with Crippen LogP contribution in [-0.4, -0.2) is 46.8 Å². The molecule has 0 amide bonds. The molecule has 1 N–H and O–H groups in total. The summed E-state index contributed by atoms with van der Waals surface area (Å²) in [5.74, 6) is 0. The van der Waals surface area contributed by atoms with Gasteiger partial charge in [0.05, 0.1) is 0 Å². The Bertz CT molecular complexity index is 343. The number of alkyl halides is 6. The van der Waals surface area contributed by atoms with Crippen LogP contribution in [0.4, 0.5) is 26.3 Å². The number of hydrogen-bond acceptors (Lipinski definition) is 3. The molecule has 0 aromatic carbocycles. The number of nitrogens with zero attached hydrogens (tertiary/aromatic N) is 1. The molecule has 1 fully saturated rings. The molecule has 1 heterocycles. The van der Waals surface area contributed by atoms with E-state index >= 15 is 0 Å². The maximum atomic E-state index is 12.8. The summed E-state index contributed by atoms with van der Waals surface area (Å²) in [7, 11) is 0. The molecule has 2 atom stereocenters. The summed E-state index contributed by atoms with van der Waals surface area (Å²) in [5.41, 5.74) is -4.85. The predicted octanol–water partition coefficient (Wildman–Crippen LogP) is 3.82. The van der Waals surface area contributed by atoms with Gasteiger partial charge in [0.15, 0.2) is 0 Å². The van der Waals surface area contributed by atoms with Crippen molar-refractivity contribution < 1.29 is 36.3 Å². The lowest BCUT2D eigenvalue weighted by Gasteiger charge is -2.36. The van der Waals surface area contributed by atoms with E-state index in [0.29, 0.717) is 6.42 Å². The second-order valence-electron chi connectivity index (χ2n) is 5.63. The lowest BCUT2D eigenvalue weighted by molar-refractivity contribution is -0.403. The van der Waals surface area contributed by atoms with Crippen molar-refractivity contribution in [3.05, 3.63) is 0 Å². The van der Waals surface area contributed by atoms with Crippen LogP contribution >= 0.6 is 0 Å². The molecule has 1 aliphatic heterocycles. The molecule has 132 valence electrons. The zero-order valence-corrected chi connectivity index (χ0v) is 12.5. The molecule has 0 aromatic rings. The SMILES string of the molecule is CCCCCC(C)N1CCC(C(O)(C(F)(F)F)C(F)(F)F)O1. The van der Waals surface area contributed by atoms with Gasteiger partial charge in [0, 0.05) is 12.6 Å². The van der Waals surface area contributed by atoms with Gasteiger partial charge < -0.3 is 5.11 Å². The van der Waals surface area contributed by atoms with Gasteiger partial charge in [-0.3, -0.25) is 4.84 Å². The summed E-state index contributed by atoms with van der Waals surface area (Å²) in [6.07, 6.45) is -11.3. The molecular weight excluding hydrogens is 316 g/mol. The summed E-state index contributed by atoms with van der Waals surface area (Å²) in [5, 5.41) is 10.4. The van der Waals surface area contributed by atoms with Gasteiger partial charge in [0.25, 0.3) is 5.60 Å². The van der Waals surface area contributed by atoms with Gasteiger partial charge in [-0.2, -0.15) is 31.4 Å². The van der Waals surface area contributed by atoms with E-state index in [1.807, 2.05) is 6.92 Å². The van der Waals surface area contributed by atoms with Gasteiger partial charge in [-0.15, -0.1) is 0 Å². The summed E-state index contributed by atoms with van der Waals surface area (Å²) < 4.78 is 76.6. The summed E-state index contributed by atoms with van der Waals surface area (Å²) in [6.45, 7) is 3.59. The Kier molecular flexibility index (Phi) is 6.14. The van der Waals surface area contributed by atoms with Crippen LogP contribution in [0.25, 0.3) is 0 Å². The Balaban J connectivity index is 2.78. The molecule has 9 heteroatoms. The highest BCUT2D eigenvalue weighted by atomic mass is 19.4. The minimum atomic E-state index is -5.85. The van der Waals surface area contributed by atoms with Gasteiger partial charge in [0.1, 0.15) is 6.10 Å². The zero-order valence-electron chi connectivity index (χ0n) is 12.5. The minimum absolute atomic E-state index is 0.0770. The van der Waals surface area contributed by atoms with Gasteiger partial charge >= 0.3 is 12.4 Å². The van der Waals surface area contributed by atoms with E-state index in [1.165, 1.54) is 0 Å². The lowest BCUT2D eigenvalue weighted by atomic mass is 9.93. The molecule has 0 bridgehead atoms. The Morgan fingerprint density at radius 2 is 1.68 bits per heavy atom. The predicted molar refractivity (Wildman–Crippen MR) is 66.9 cm³/mol. The van der Waals surface area contributed by atoms with Crippen LogP contribution in [0, 0.1) is 0 Å². The van der Waals surface area contributed by atoms with Crippen LogP contribution in [0.3, 0.4) is 0 Å². The van der Waals surface area contributed by atoms with Crippen LogP contribution in [0.15, 0.2) is 0 Å². The highest BCUT2D eigenvalue weighted by Gasteiger charge is 2.75. The quantitative estimate of drug-likeness (QED) is 0.591. The first-order chi connectivity index (χ1) is 9.95. The molecule has 1 saturated heterocycles. The summed E-state index contributed by atoms with van der Waals surface area (Å²) in [6, 6.07) is -0.303. The van der Waals surface area contributed by atoms with Crippen LogP contribution < -0.4 is 0 Å². The van der Waals surface area contributed by atoms with Gasteiger partial charge in [-0.1, -0.05) is 26.2 Å². The summed E-state index contributed by atoms with van der Waals surface area (Å²) >= 11 is 0. The van der Waals surface area contributed by atoms with E-state index in [0.717, 1.165) is 24.3 Å². The molecule has 0 aliphatic carbocycles. The average molecular weight is 337 g/mol. The monoisotopic (exact) mass is 337 g/mol. The number of hydrogen-bond donors (Lipinski definition) is 1. The van der Waals surface area contributed by atoms with Crippen molar-refractivity contribution in [2.75, 3.05) is 6.54 Å². The minimum Gasteiger partial charge on any atom is -0.372 e.